The molecule has 1 aromatic carbocycles. The Labute approximate surface area is 106 Å². The fraction of sp³-hybridized carbons (Fsp3) is 0.0833. The Kier molecular flexibility index (Phi) is 3.37. The molecule has 98 valence electrons. The zero-order chi connectivity index (χ0) is 14.0. The van der Waals surface area contributed by atoms with Crippen molar-refractivity contribution in [2.24, 2.45) is 0 Å². The summed E-state index contributed by atoms with van der Waals surface area (Å²) in [5.74, 6) is -3.77. The lowest BCUT2D eigenvalue weighted by Crippen LogP contribution is -2.04. The van der Waals surface area contributed by atoms with E-state index in [0.717, 1.165) is 12.3 Å². The van der Waals surface area contributed by atoms with Crippen molar-refractivity contribution in [3.8, 4) is 11.8 Å². The molecule has 0 spiro atoms. The Morgan fingerprint density at radius 2 is 2.11 bits per heavy atom. The number of rotatable bonds is 3. The Bertz CT molecular complexity index is 647. The van der Waals surface area contributed by atoms with E-state index in [0.29, 0.717) is 0 Å². The van der Waals surface area contributed by atoms with Gasteiger partial charge in [0, 0.05) is 6.20 Å². The molecule has 0 atom stereocenters. The topological polar surface area (TPSA) is 72.3 Å². The minimum Gasteiger partial charge on any atom is -0.478 e. The standard InChI is InChI=1S/C12H8F2N2O3/c1-6-7(11(17)18)5-15-12(16-6)19-9-4-2-3-8(13)10(9)14/h2-5H,1H3,(H,17,18). The van der Waals surface area contributed by atoms with Crippen molar-refractivity contribution in [1.82, 2.24) is 9.97 Å². The van der Waals surface area contributed by atoms with E-state index in [1.54, 1.807) is 0 Å². The molecule has 0 fully saturated rings. The molecular weight excluding hydrogens is 258 g/mol. The second kappa shape index (κ2) is 4.97. The van der Waals surface area contributed by atoms with Gasteiger partial charge < -0.3 is 9.84 Å². The Morgan fingerprint density at radius 3 is 2.74 bits per heavy atom. The van der Waals surface area contributed by atoms with Crippen molar-refractivity contribution in [1.29, 1.82) is 0 Å². The summed E-state index contributed by atoms with van der Waals surface area (Å²) in [6, 6.07) is 3.17. The smallest absolute Gasteiger partial charge is 0.339 e. The van der Waals surface area contributed by atoms with Crippen molar-refractivity contribution >= 4 is 5.97 Å². The van der Waals surface area contributed by atoms with E-state index in [1.807, 2.05) is 0 Å². The quantitative estimate of drug-likeness (QED) is 0.924. The molecule has 0 aliphatic heterocycles. The summed E-state index contributed by atoms with van der Waals surface area (Å²) in [4.78, 5) is 18.1. The molecule has 0 aliphatic carbocycles. The molecule has 7 heteroatoms. The van der Waals surface area contributed by atoms with Crippen molar-refractivity contribution in [2.75, 3.05) is 0 Å². The maximum absolute atomic E-state index is 13.3. The summed E-state index contributed by atoms with van der Waals surface area (Å²) < 4.78 is 31.3. The van der Waals surface area contributed by atoms with Gasteiger partial charge in [-0.3, -0.25) is 0 Å². The predicted molar refractivity (Wildman–Crippen MR) is 60.2 cm³/mol. The van der Waals surface area contributed by atoms with E-state index in [1.165, 1.54) is 19.1 Å². The fourth-order valence-corrected chi connectivity index (χ4v) is 1.37. The Balaban J connectivity index is 2.32. The van der Waals surface area contributed by atoms with Crippen LogP contribution in [0.3, 0.4) is 0 Å². The van der Waals surface area contributed by atoms with Crippen LogP contribution in [0.4, 0.5) is 8.78 Å². The second-order valence-corrected chi connectivity index (χ2v) is 3.61. The molecule has 0 unspecified atom stereocenters. The Hall–Kier alpha value is -2.57. The van der Waals surface area contributed by atoms with Gasteiger partial charge in [-0.05, 0) is 19.1 Å². The number of hydrogen-bond donors (Lipinski definition) is 1. The molecule has 5 nitrogen and oxygen atoms in total. The lowest BCUT2D eigenvalue weighted by Gasteiger charge is -2.06. The molecule has 1 N–H and O–H groups in total. The van der Waals surface area contributed by atoms with Crippen LogP contribution in [0.1, 0.15) is 16.1 Å². The largest absolute Gasteiger partial charge is 0.478 e. The van der Waals surface area contributed by atoms with Gasteiger partial charge in [-0.15, -0.1) is 0 Å². The van der Waals surface area contributed by atoms with Crippen LogP contribution >= 0.6 is 0 Å². The molecule has 0 radical (unpaired) electrons. The number of aryl methyl sites for hydroxylation is 1. The number of hydrogen-bond acceptors (Lipinski definition) is 4. The number of carboxylic acids is 1. The highest BCUT2D eigenvalue weighted by molar-refractivity contribution is 5.88. The van der Waals surface area contributed by atoms with Crippen molar-refractivity contribution < 1.29 is 23.4 Å². The number of carboxylic acid groups (broad SMARTS) is 1. The van der Waals surface area contributed by atoms with Gasteiger partial charge in [0.25, 0.3) is 0 Å². The third-order valence-corrected chi connectivity index (χ3v) is 2.31. The zero-order valence-corrected chi connectivity index (χ0v) is 9.72. The van der Waals surface area contributed by atoms with E-state index in [-0.39, 0.29) is 23.0 Å². The third kappa shape index (κ3) is 2.65. The SMILES string of the molecule is Cc1nc(Oc2cccc(F)c2F)ncc1C(=O)O. The van der Waals surface area contributed by atoms with Crippen LogP contribution in [0.25, 0.3) is 0 Å². The second-order valence-electron chi connectivity index (χ2n) is 3.61. The first-order valence-electron chi connectivity index (χ1n) is 5.18. The van der Waals surface area contributed by atoms with E-state index < -0.39 is 17.6 Å². The van der Waals surface area contributed by atoms with Gasteiger partial charge in [0.2, 0.25) is 5.82 Å². The van der Waals surface area contributed by atoms with E-state index >= 15 is 0 Å². The minimum atomic E-state index is -1.18. The highest BCUT2D eigenvalue weighted by Crippen LogP contribution is 2.23. The summed E-state index contributed by atoms with van der Waals surface area (Å²) in [6.45, 7) is 1.44. The fourth-order valence-electron chi connectivity index (χ4n) is 1.37. The summed E-state index contributed by atoms with van der Waals surface area (Å²) in [5.41, 5.74) is 0.0707. The maximum atomic E-state index is 13.3. The summed E-state index contributed by atoms with van der Waals surface area (Å²) >= 11 is 0. The zero-order valence-electron chi connectivity index (χ0n) is 9.72. The first-order chi connectivity index (χ1) is 8.99. The normalized spacial score (nSPS) is 10.3. The van der Waals surface area contributed by atoms with Crippen LogP contribution in [0.15, 0.2) is 24.4 Å². The number of aromatic carboxylic acids is 1. The monoisotopic (exact) mass is 266 g/mol. The van der Waals surface area contributed by atoms with E-state index in [4.69, 9.17) is 9.84 Å². The van der Waals surface area contributed by atoms with Crippen LogP contribution in [0.2, 0.25) is 0 Å². The number of benzene rings is 1. The van der Waals surface area contributed by atoms with Gasteiger partial charge in [0.15, 0.2) is 11.6 Å². The molecule has 1 heterocycles. The number of halogens is 2. The minimum absolute atomic E-state index is 0.0907. The van der Waals surface area contributed by atoms with Gasteiger partial charge >= 0.3 is 12.0 Å². The van der Waals surface area contributed by atoms with E-state index in [2.05, 4.69) is 9.97 Å². The van der Waals surface area contributed by atoms with Gasteiger partial charge in [0.05, 0.1) is 11.3 Å². The van der Waals surface area contributed by atoms with Crippen molar-refractivity contribution in [2.45, 2.75) is 6.92 Å². The van der Waals surface area contributed by atoms with Crippen molar-refractivity contribution in [3.05, 3.63) is 47.3 Å². The molecule has 0 aliphatic rings. The third-order valence-electron chi connectivity index (χ3n) is 2.31. The molecule has 19 heavy (non-hydrogen) atoms. The summed E-state index contributed by atoms with van der Waals surface area (Å²) in [5, 5.41) is 8.80. The Morgan fingerprint density at radius 1 is 1.37 bits per heavy atom. The first-order valence-corrected chi connectivity index (χ1v) is 5.18. The predicted octanol–water partition coefficient (Wildman–Crippen LogP) is 2.55. The number of ether oxygens (including phenoxy) is 1. The van der Waals surface area contributed by atoms with Gasteiger partial charge in [-0.25, -0.2) is 14.2 Å². The molecule has 0 bridgehead atoms. The highest BCUT2D eigenvalue weighted by atomic mass is 19.2. The lowest BCUT2D eigenvalue weighted by atomic mass is 10.2. The average Bonchev–Trinajstić information content (AvgIpc) is 2.34. The van der Waals surface area contributed by atoms with E-state index in [9.17, 15) is 13.6 Å². The van der Waals surface area contributed by atoms with Crippen LogP contribution in [0, 0.1) is 18.6 Å². The van der Waals surface area contributed by atoms with Crippen LogP contribution in [-0.2, 0) is 0 Å². The lowest BCUT2D eigenvalue weighted by molar-refractivity contribution is 0.0695. The van der Waals surface area contributed by atoms with Crippen LogP contribution in [-0.4, -0.2) is 21.0 Å². The average molecular weight is 266 g/mol. The molecule has 0 saturated carbocycles. The number of carbonyl (C=O) groups is 1. The highest BCUT2D eigenvalue weighted by Gasteiger charge is 2.14. The molecule has 0 saturated heterocycles. The number of aromatic nitrogens is 2. The maximum Gasteiger partial charge on any atom is 0.339 e. The summed E-state index contributed by atoms with van der Waals surface area (Å²) in [7, 11) is 0. The van der Waals surface area contributed by atoms with Gasteiger partial charge in [-0.1, -0.05) is 6.07 Å². The van der Waals surface area contributed by atoms with Crippen molar-refractivity contribution in [3.63, 3.8) is 0 Å². The molecule has 2 rings (SSSR count). The molecular formula is C12H8F2N2O3. The van der Waals surface area contributed by atoms with Gasteiger partial charge in [0.1, 0.15) is 0 Å². The number of nitrogens with zero attached hydrogens (tertiary/aromatic N) is 2. The summed E-state index contributed by atoms with van der Waals surface area (Å²) in [6.07, 6.45) is 1.04. The molecule has 2 aromatic rings. The molecule has 1 aromatic heterocycles. The van der Waals surface area contributed by atoms with Crippen LogP contribution < -0.4 is 4.74 Å². The molecule has 0 amide bonds. The first kappa shape index (κ1) is 12.9. The van der Waals surface area contributed by atoms with Gasteiger partial charge in [-0.2, -0.15) is 9.37 Å². The van der Waals surface area contributed by atoms with Crippen LogP contribution in [0.5, 0.6) is 11.8 Å².